The van der Waals surface area contributed by atoms with Gasteiger partial charge in [0.05, 0.1) is 0 Å². The highest BCUT2D eigenvalue weighted by molar-refractivity contribution is 4.92. The summed E-state index contributed by atoms with van der Waals surface area (Å²) in [7, 11) is 0. The molecule has 0 bridgehead atoms. The normalized spacial score (nSPS) is 9.00. The number of aromatic hydroxyl groups is 2. The molecule has 4 heteroatoms. The molecule has 1 heterocycles. The first-order valence-corrected chi connectivity index (χ1v) is 2.11. The van der Waals surface area contributed by atoms with E-state index in [0.717, 1.165) is 0 Å². The van der Waals surface area contributed by atoms with Crippen LogP contribution in [-0.4, -0.2) is 10.2 Å². The summed E-state index contributed by atoms with van der Waals surface area (Å²) in [5, 5.41) is 17.1. The van der Waals surface area contributed by atoms with E-state index < -0.39 is 0 Å². The first-order chi connectivity index (χ1) is 3.79. The van der Waals surface area contributed by atoms with Crippen molar-refractivity contribution < 1.29 is 20.2 Å². The van der Waals surface area contributed by atoms with Crippen LogP contribution in [0.3, 0.4) is 0 Å². The summed E-state index contributed by atoms with van der Waals surface area (Å²) in [6.07, 6.45) is 1.42. The minimum atomic E-state index is -0.162. The van der Waals surface area contributed by atoms with Crippen molar-refractivity contribution in [2.24, 2.45) is 0 Å². The lowest BCUT2D eigenvalue weighted by Gasteiger charge is -1.73. The van der Waals surface area contributed by atoms with E-state index in [4.69, 9.17) is 10.2 Å². The van der Waals surface area contributed by atoms with Gasteiger partial charge in [-0.25, -0.2) is 0 Å². The zero-order chi connectivity index (χ0) is 5.98. The van der Waals surface area contributed by atoms with Crippen molar-refractivity contribution in [3.8, 4) is 11.9 Å². The Morgan fingerprint density at radius 1 is 1.38 bits per heavy atom. The van der Waals surface area contributed by atoms with Crippen LogP contribution in [0.25, 0.3) is 0 Å². The number of aromatic nitrogens is 2. The third-order valence-corrected chi connectivity index (χ3v) is 0.708. The highest BCUT2D eigenvalue weighted by Crippen LogP contribution is 1.92. The lowest BCUT2D eigenvalue weighted by molar-refractivity contribution is -0.554. The molecule has 0 saturated carbocycles. The number of hydrogen-bond donors (Lipinski definition) is 2. The molecular formula is C4H6N2O2+2. The van der Waals surface area contributed by atoms with Crippen LogP contribution in [0.1, 0.15) is 0 Å². The molecule has 0 aromatic carbocycles. The topological polar surface area (TPSA) is 68.7 Å². The van der Waals surface area contributed by atoms with E-state index in [9.17, 15) is 0 Å². The van der Waals surface area contributed by atoms with E-state index in [2.05, 4.69) is 9.97 Å². The SMILES string of the molecule is Oc1cc[nH+]c(O)[nH+]1. The smallest absolute Gasteiger partial charge is 0.459 e. The molecule has 0 atom stereocenters. The Morgan fingerprint density at radius 3 is 2.50 bits per heavy atom. The summed E-state index contributed by atoms with van der Waals surface area (Å²) in [5.74, 6) is -0.0683. The number of rotatable bonds is 0. The van der Waals surface area contributed by atoms with Crippen molar-refractivity contribution >= 4 is 0 Å². The lowest BCUT2D eigenvalue weighted by Crippen LogP contribution is -2.14. The van der Waals surface area contributed by atoms with Crippen molar-refractivity contribution in [3.63, 3.8) is 0 Å². The molecule has 0 amide bonds. The first kappa shape index (κ1) is 4.83. The lowest BCUT2D eigenvalue weighted by atomic mass is 10.6. The van der Waals surface area contributed by atoms with Gasteiger partial charge in [-0.2, -0.15) is 0 Å². The molecule has 1 rings (SSSR count). The van der Waals surface area contributed by atoms with E-state index in [0.29, 0.717) is 0 Å². The molecule has 42 valence electrons. The van der Waals surface area contributed by atoms with Gasteiger partial charge in [0.1, 0.15) is 6.07 Å². The zero-order valence-corrected chi connectivity index (χ0v) is 4.05. The van der Waals surface area contributed by atoms with Crippen LogP contribution in [0.5, 0.6) is 11.9 Å². The van der Waals surface area contributed by atoms with Crippen LogP contribution in [0, 0.1) is 0 Å². The highest BCUT2D eigenvalue weighted by Gasteiger charge is 2.05. The highest BCUT2D eigenvalue weighted by atomic mass is 16.3. The van der Waals surface area contributed by atoms with E-state index >= 15 is 0 Å². The average molecular weight is 114 g/mol. The largest absolute Gasteiger partial charge is 0.628 e. The molecule has 8 heavy (non-hydrogen) atoms. The van der Waals surface area contributed by atoms with E-state index in [1.165, 1.54) is 12.3 Å². The minimum absolute atomic E-state index is 0.0683. The van der Waals surface area contributed by atoms with Crippen LogP contribution in [0.2, 0.25) is 0 Å². The molecule has 0 fully saturated rings. The number of aromatic amines is 2. The Kier molecular flexibility index (Phi) is 0.997. The molecule has 0 unspecified atom stereocenters. The summed E-state index contributed by atoms with van der Waals surface area (Å²) in [5.41, 5.74) is 0. The van der Waals surface area contributed by atoms with Crippen LogP contribution in [0.4, 0.5) is 0 Å². The molecule has 4 N–H and O–H groups in total. The first-order valence-electron chi connectivity index (χ1n) is 2.11. The maximum absolute atomic E-state index is 8.58. The average Bonchev–Trinajstić information content (AvgIpc) is 1.64. The van der Waals surface area contributed by atoms with Crippen LogP contribution >= 0.6 is 0 Å². The third kappa shape index (κ3) is 0.841. The van der Waals surface area contributed by atoms with Crippen molar-refractivity contribution in [2.75, 3.05) is 0 Å². The van der Waals surface area contributed by atoms with Gasteiger partial charge in [-0.15, -0.1) is 4.98 Å². The monoisotopic (exact) mass is 114 g/mol. The fraction of sp³-hybridized carbons (Fsp3) is 0. The second kappa shape index (κ2) is 1.65. The molecule has 0 aliphatic heterocycles. The van der Waals surface area contributed by atoms with Gasteiger partial charge >= 0.3 is 11.9 Å². The molecule has 0 aliphatic rings. The predicted molar refractivity (Wildman–Crippen MR) is 22.9 cm³/mol. The van der Waals surface area contributed by atoms with E-state index in [1.54, 1.807) is 0 Å². The molecule has 0 aliphatic carbocycles. The molecular weight excluding hydrogens is 108 g/mol. The second-order valence-corrected chi connectivity index (χ2v) is 1.34. The van der Waals surface area contributed by atoms with Crippen LogP contribution in [-0.2, 0) is 0 Å². The fourth-order valence-electron chi connectivity index (χ4n) is 0.399. The van der Waals surface area contributed by atoms with Crippen LogP contribution < -0.4 is 9.97 Å². The van der Waals surface area contributed by atoms with Gasteiger partial charge in [0.2, 0.25) is 0 Å². The maximum Gasteiger partial charge on any atom is 0.628 e. The number of hydrogen-bond acceptors (Lipinski definition) is 2. The Labute approximate surface area is 45.5 Å². The minimum Gasteiger partial charge on any atom is -0.459 e. The maximum atomic E-state index is 8.58. The van der Waals surface area contributed by atoms with E-state index in [-0.39, 0.29) is 11.9 Å². The van der Waals surface area contributed by atoms with Gasteiger partial charge in [-0.1, -0.05) is 4.98 Å². The van der Waals surface area contributed by atoms with Gasteiger partial charge in [-0.3, -0.25) is 0 Å². The quantitative estimate of drug-likeness (QED) is 0.441. The summed E-state index contributed by atoms with van der Waals surface area (Å²) < 4.78 is 0. The van der Waals surface area contributed by atoms with Crippen molar-refractivity contribution in [1.82, 2.24) is 0 Å². The van der Waals surface area contributed by atoms with E-state index in [1.807, 2.05) is 0 Å². The van der Waals surface area contributed by atoms with Crippen molar-refractivity contribution in [3.05, 3.63) is 12.3 Å². The summed E-state index contributed by atoms with van der Waals surface area (Å²) in [6.45, 7) is 0. The van der Waals surface area contributed by atoms with Gasteiger partial charge < -0.3 is 10.2 Å². The van der Waals surface area contributed by atoms with Gasteiger partial charge in [0.25, 0.3) is 0 Å². The van der Waals surface area contributed by atoms with Gasteiger partial charge in [-0.05, 0) is 0 Å². The molecule has 4 nitrogen and oxygen atoms in total. The zero-order valence-electron chi connectivity index (χ0n) is 4.05. The molecule has 1 aromatic heterocycles. The van der Waals surface area contributed by atoms with Crippen molar-refractivity contribution in [1.29, 1.82) is 0 Å². The molecule has 0 spiro atoms. The molecule has 1 aromatic rings. The summed E-state index contributed by atoms with van der Waals surface area (Å²) in [6, 6.07) is 1.23. The Bertz CT molecular complexity index is 172. The van der Waals surface area contributed by atoms with Gasteiger partial charge in [0.15, 0.2) is 6.20 Å². The van der Waals surface area contributed by atoms with Crippen molar-refractivity contribution in [2.45, 2.75) is 0 Å². The summed E-state index contributed by atoms with van der Waals surface area (Å²) in [4.78, 5) is 4.64. The second-order valence-electron chi connectivity index (χ2n) is 1.34. The van der Waals surface area contributed by atoms with Crippen LogP contribution in [0.15, 0.2) is 12.3 Å². The Balaban J connectivity index is 3.08. The Hall–Kier alpha value is -1.32. The summed E-state index contributed by atoms with van der Waals surface area (Å²) >= 11 is 0. The third-order valence-electron chi connectivity index (χ3n) is 0.708. The number of H-pyrrole nitrogens is 2. The standard InChI is InChI=1S/C4H4N2O2/c7-3-1-2-5-4(8)6-3/h1-2H,(H2,5,6,7,8)/p+2. The fourth-order valence-corrected chi connectivity index (χ4v) is 0.399. The molecule has 0 saturated heterocycles. The molecule has 0 radical (unpaired) electrons. The van der Waals surface area contributed by atoms with Gasteiger partial charge in [0, 0.05) is 0 Å². The predicted octanol–water partition coefficient (Wildman–Crippen LogP) is -1.27. The Morgan fingerprint density at radius 2 is 2.12 bits per heavy atom. The number of nitrogens with one attached hydrogen (secondary N) is 2.